The van der Waals surface area contributed by atoms with Crippen molar-refractivity contribution in [1.82, 2.24) is 9.88 Å². The molecule has 0 fully saturated rings. The first-order valence-corrected chi connectivity index (χ1v) is 7.54. The summed E-state index contributed by atoms with van der Waals surface area (Å²) in [5, 5.41) is 3.35. The first-order chi connectivity index (χ1) is 9.79. The fourth-order valence-electron chi connectivity index (χ4n) is 2.90. The Bertz CT molecular complexity index is 749. The molecule has 0 saturated carbocycles. The average Bonchev–Trinajstić information content (AvgIpc) is 2.96. The van der Waals surface area contributed by atoms with Gasteiger partial charge in [0.2, 0.25) is 0 Å². The van der Waals surface area contributed by atoms with Crippen LogP contribution >= 0.6 is 11.3 Å². The van der Waals surface area contributed by atoms with E-state index in [1.54, 1.807) is 11.3 Å². The highest BCUT2D eigenvalue weighted by Crippen LogP contribution is 2.31. The first-order valence-electron chi connectivity index (χ1n) is 6.72. The molecule has 3 aromatic rings. The van der Waals surface area contributed by atoms with Gasteiger partial charge in [-0.1, -0.05) is 42.5 Å². The van der Waals surface area contributed by atoms with Gasteiger partial charge in [0.05, 0.1) is 5.69 Å². The number of nitrogens with zero attached hydrogens (tertiary/aromatic N) is 2. The van der Waals surface area contributed by atoms with E-state index < -0.39 is 0 Å². The molecular weight excluding hydrogens is 266 g/mol. The number of rotatable bonds is 2. The zero-order valence-corrected chi connectivity index (χ0v) is 11.9. The van der Waals surface area contributed by atoms with Gasteiger partial charge in [-0.3, -0.25) is 4.90 Å². The minimum absolute atomic E-state index is 0.694. The highest BCUT2D eigenvalue weighted by atomic mass is 32.1. The maximum atomic E-state index is 5.75. The molecule has 0 radical (unpaired) electrons. The molecule has 3 nitrogen and oxygen atoms in total. The summed E-state index contributed by atoms with van der Waals surface area (Å²) in [6.45, 7) is 2.84. The summed E-state index contributed by atoms with van der Waals surface area (Å²) in [7, 11) is 0. The SMILES string of the molecule is Nc1nc2c(s1)CN(Cc1cccc3ccccc13)C2. The number of fused-ring (bicyclic) bond motifs is 2. The van der Waals surface area contributed by atoms with Crippen molar-refractivity contribution in [2.24, 2.45) is 0 Å². The van der Waals surface area contributed by atoms with Gasteiger partial charge in [0.1, 0.15) is 0 Å². The van der Waals surface area contributed by atoms with Crippen LogP contribution < -0.4 is 5.73 Å². The van der Waals surface area contributed by atoms with Crippen molar-refractivity contribution in [3.63, 3.8) is 0 Å². The van der Waals surface area contributed by atoms with Crippen LogP contribution in [0.4, 0.5) is 5.13 Å². The van der Waals surface area contributed by atoms with Crippen molar-refractivity contribution in [3.8, 4) is 0 Å². The number of nitrogens with two attached hydrogens (primary N) is 1. The zero-order valence-electron chi connectivity index (χ0n) is 11.0. The van der Waals surface area contributed by atoms with Gasteiger partial charge in [-0.2, -0.15) is 0 Å². The molecule has 0 spiro atoms. The Hall–Kier alpha value is -1.91. The van der Waals surface area contributed by atoms with Gasteiger partial charge < -0.3 is 5.73 Å². The third-order valence-corrected chi connectivity index (χ3v) is 4.72. The standard InChI is InChI=1S/C16H15N3S/c17-16-18-14-9-19(10-15(14)20-16)8-12-6-3-5-11-4-1-2-7-13(11)12/h1-7H,8-10H2,(H2,17,18). The van der Waals surface area contributed by atoms with Gasteiger partial charge in [0.15, 0.2) is 5.13 Å². The molecular formula is C16H15N3S. The van der Waals surface area contributed by atoms with Crippen molar-refractivity contribution >= 4 is 27.2 Å². The van der Waals surface area contributed by atoms with Crippen LogP contribution in [0.25, 0.3) is 10.8 Å². The molecule has 0 unspecified atom stereocenters. The van der Waals surface area contributed by atoms with Gasteiger partial charge in [0, 0.05) is 24.5 Å². The highest BCUT2D eigenvalue weighted by molar-refractivity contribution is 7.15. The number of hydrogen-bond acceptors (Lipinski definition) is 4. The van der Waals surface area contributed by atoms with Crippen LogP contribution in [0.5, 0.6) is 0 Å². The second-order valence-electron chi connectivity index (χ2n) is 5.21. The van der Waals surface area contributed by atoms with Gasteiger partial charge in [-0.25, -0.2) is 4.98 Å². The number of thiazole rings is 1. The van der Waals surface area contributed by atoms with E-state index >= 15 is 0 Å². The molecule has 2 heterocycles. The first kappa shape index (κ1) is 11.9. The lowest BCUT2D eigenvalue weighted by atomic mass is 10.0. The molecule has 0 aliphatic carbocycles. The maximum Gasteiger partial charge on any atom is 0.180 e. The van der Waals surface area contributed by atoms with Crippen molar-refractivity contribution in [1.29, 1.82) is 0 Å². The van der Waals surface area contributed by atoms with E-state index in [0.29, 0.717) is 5.13 Å². The molecule has 1 aliphatic heterocycles. The Labute approximate surface area is 121 Å². The smallest absolute Gasteiger partial charge is 0.180 e. The molecule has 100 valence electrons. The van der Waals surface area contributed by atoms with Crippen LogP contribution in [0.3, 0.4) is 0 Å². The summed E-state index contributed by atoms with van der Waals surface area (Å²) < 4.78 is 0. The zero-order chi connectivity index (χ0) is 13.5. The van der Waals surface area contributed by atoms with E-state index in [1.165, 1.54) is 21.2 Å². The monoisotopic (exact) mass is 281 g/mol. The lowest BCUT2D eigenvalue weighted by molar-refractivity contribution is 0.276. The summed E-state index contributed by atoms with van der Waals surface area (Å²) in [6, 6.07) is 15.1. The average molecular weight is 281 g/mol. The Morgan fingerprint density at radius 1 is 1.10 bits per heavy atom. The quantitative estimate of drug-likeness (QED) is 0.783. The molecule has 2 N–H and O–H groups in total. The van der Waals surface area contributed by atoms with Gasteiger partial charge in [-0.05, 0) is 16.3 Å². The van der Waals surface area contributed by atoms with E-state index in [0.717, 1.165) is 25.3 Å². The fraction of sp³-hybridized carbons (Fsp3) is 0.188. The fourth-order valence-corrected chi connectivity index (χ4v) is 3.79. The third kappa shape index (κ3) is 1.97. The highest BCUT2D eigenvalue weighted by Gasteiger charge is 2.23. The van der Waals surface area contributed by atoms with Gasteiger partial charge in [0.25, 0.3) is 0 Å². The predicted octanol–water partition coefficient (Wildman–Crippen LogP) is 3.39. The molecule has 2 aromatic carbocycles. The lowest BCUT2D eigenvalue weighted by Crippen LogP contribution is -2.16. The number of anilines is 1. The van der Waals surface area contributed by atoms with E-state index in [1.807, 2.05) is 0 Å². The number of nitrogen functional groups attached to an aromatic ring is 1. The minimum Gasteiger partial charge on any atom is -0.375 e. The molecule has 0 amide bonds. The normalized spacial score (nSPS) is 14.8. The molecule has 20 heavy (non-hydrogen) atoms. The van der Waals surface area contributed by atoms with Gasteiger partial charge in [-0.15, -0.1) is 11.3 Å². The molecule has 0 bridgehead atoms. The largest absolute Gasteiger partial charge is 0.375 e. The number of benzene rings is 2. The molecule has 4 rings (SSSR count). The lowest BCUT2D eigenvalue weighted by Gasteiger charge is -2.16. The summed E-state index contributed by atoms with van der Waals surface area (Å²) in [5.74, 6) is 0. The van der Waals surface area contributed by atoms with Crippen LogP contribution in [-0.4, -0.2) is 9.88 Å². The van der Waals surface area contributed by atoms with Crippen LogP contribution in [0.15, 0.2) is 42.5 Å². The maximum absolute atomic E-state index is 5.75. The third-order valence-electron chi connectivity index (χ3n) is 3.81. The van der Waals surface area contributed by atoms with Crippen LogP contribution in [-0.2, 0) is 19.6 Å². The second-order valence-corrected chi connectivity index (χ2v) is 6.32. The minimum atomic E-state index is 0.694. The summed E-state index contributed by atoms with van der Waals surface area (Å²) >= 11 is 1.62. The van der Waals surface area contributed by atoms with Crippen molar-refractivity contribution in [2.75, 3.05) is 5.73 Å². The Morgan fingerprint density at radius 2 is 1.95 bits per heavy atom. The molecule has 0 atom stereocenters. The summed E-state index contributed by atoms with van der Waals surface area (Å²) in [5.41, 5.74) is 8.29. The van der Waals surface area contributed by atoms with E-state index in [2.05, 4.69) is 52.3 Å². The van der Waals surface area contributed by atoms with E-state index in [9.17, 15) is 0 Å². The Morgan fingerprint density at radius 3 is 2.85 bits per heavy atom. The predicted molar refractivity (Wildman–Crippen MR) is 83.4 cm³/mol. The van der Waals surface area contributed by atoms with Crippen LogP contribution in [0, 0.1) is 0 Å². The van der Waals surface area contributed by atoms with E-state index in [4.69, 9.17) is 5.73 Å². The molecule has 1 aliphatic rings. The number of aromatic nitrogens is 1. The Balaban J connectivity index is 1.62. The molecule has 0 saturated heterocycles. The van der Waals surface area contributed by atoms with Crippen LogP contribution in [0.1, 0.15) is 16.1 Å². The molecule has 1 aromatic heterocycles. The topological polar surface area (TPSA) is 42.1 Å². The molecule has 4 heteroatoms. The second kappa shape index (κ2) is 4.58. The Kier molecular flexibility index (Phi) is 2.72. The van der Waals surface area contributed by atoms with Crippen molar-refractivity contribution in [2.45, 2.75) is 19.6 Å². The van der Waals surface area contributed by atoms with E-state index in [-0.39, 0.29) is 0 Å². The number of hydrogen-bond donors (Lipinski definition) is 1. The van der Waals surface area contributed by atoms with Crippen molar-refractivity contribution in [3.05, 3.63) is 58.6 Å². The van der Waals surface area contributed by atoms with Crippen molar-refractivity contribution < 1.29 is 0 Å². The van der Waals surface area contributed by atoms with Crippen LogP contribution in [0.2, 0.25) is 0 Å². The summed E-state index contributed by atoms with van der Waals surface area (Å²) in [6.07, 6.45) is 0. The summed E-state index contributed by atoms with van der Waals surface area (Å²) in [4.78, 5) is 8.15. The van der Waals surface area contributed by atoms with Gasteiger partial charge >= 0.3 is 0 Å².